The highest BCUT2D eigenvalue weighted by Crippen LogP contribution is 2.45. The van der Waals surface area contributed by atoms with Crippen LogP contribution in [0, 0.1) is 17.8 Å². The Bertz CT molecular complexity index is 719. The molecule has 1 aromatic carbocycles. The molecule has 0 saturated heterocycles. The van der Waals surface area contributed by atoms with E-state index < -0.39 is 6.29 Å². The van der Waals surface area contributed by atoms with E-state index in [0.29, 0.717) is 24.7 Å². The molecule has 4 rings (SSSR count). The first-order valence-corrected chi connectivity index (χ1v) is 11.2. The van der Waals surface area contributed by atoms with Gasteiger partial charge in [-0.3, -0.25) is 4.79 Å². The molecule has 29 heavy (non-hydrogen) atoms. The van der Waals surface area contributed by atoms with E-state index in [0.717, 1.165) is 24.3 Å². The van der Waals surface area contributed by atoms with Crippen LogP contribution in [0.2, 0.25) is 0 Å². The van der Waals surface area contributed by atoms with Crippen molar-refractivity contribution >= 4 is 5.91 Å². The third kappa shape index (κ3) is 4.51. The molecule has 2 fully saturated rings. The van der Waals surface area contributed by atoms with E-state index in [4.69, 9.17) is 9.47 Å². The van der Waals surface area contributed by atoms with Gasteiger partial charge in [0.2, 0.25) is 6.29 Å². The molecule has 3 unspecified atom stereocenters. The molecule has 2 N–H and O–H groups in total. The van der Waals surface area contributed by atoms with Crippen molar-refractivity contribution in [2.75, 3.05) is 13.2 Å². The van der Waals surface area contributed by atoms with Gasteiger partial charge in [-0.2, -0.15) is 0 Å². The zero-order chi connectivity index (χ0) is 20.2. The highest BCUT2D eigenvalue weighted by atomic mass is 16.7. The first kappa shape index (κ1) is 20.4. The van der Waals surface area contributed by atoms with Gasteiger partial charge in [-0.1, -0.05) is 36.8 Å². The Morgan fingerprint density at radius 1 is 1.24 bits per heavy atom. The summed E-state index contributed by atoms with van der Waals surface area (Å²) in [6, 6.07) is 10.5. The van der Waals surface area contributed by atoms with Gasteiger partial charge in [0.25, 0.3) is 5.91 Å². The largest absolute Gasteiger partial charge is 0.459 e. The van der Waals surface area contributed by atoms with Crippen LogP contribution in [0.25, 0.3) is 0 Å². The molecule has 2 saturated carbocycles. The van der Waals surface area contributed by atoms with Gasteiger partial charge in [0, 0.05) is 31.1 Å². The number of amides is 1. The van der Waals surface area contributed by atoms with E-state index in [2.05, 4.69) is 17.4 Å². The van der Waals surface area contributed by atoms with Crippen LogP contribution in [-0.4, -0.2) is 36.6 Å². The molecule has 1 amide bonds. The maximum atomic E-state index is 13.1. The summed E-state index contributed by atoms with van der Waals surface area (Å²) in [6.45, 7) is 2.60. The smallest absolute Gasteiger partial charge is 0.286 e. The Balaban J connectivity index is 1.56. The van der Waals surface area contributed by atoms with Crippen LogP contribution >= 0.6 is 0 Å². The SMILES string of the molecule is CCO[C@H]1OC(C(=O)NC2CC3CCC2C3)=C[C@@H](c2ccccc2)[C@@H]1CCCO. The normalized spacial score (nSPS) is 33.2. The predicted molar refractivity (Wildman–Crippen MR) is 111 cm³/mol. The highest BCUT2D eigenvalue weighted by molar-refractivity contribution is 5.92. The van der Waals surface area contributed by atoms with E-state index >= 15 is 0 Å². The summed E-state index contributed by atoms with van der Waals surface area (Å²) in [4.78, 5) is 13.1. The fourth-order valence-electron chi connectivity index (χ4n) is 5.48. The standard InChI is InChI=1S/C24H33NO4/c1-2-28-24-19(9-6-12-26)20(17-7-4-3-5-8-17)15-22(29-24)23(27)25-21-14-16-10-11-18(21)13-16/h3-5,7-8,15-16,18-21,24,26H,2,6,9-14H2,1H3,(H,25,27)/t16?,18?,19-,20-,21?,24-/m0/s1. The fourth-order valence-corrected chi connectivity index (χ4v) is 5.48. The van der Waals surface area contributed by atoms with E-state index in [1.807, 2.05) is 31.2 Å². The lowest BCUT2D eigenvalue weighted by molar-refractivity contribution is -0.167. The lowest BCUT2D eigenvalue weighted by Crippen LogP contribution is -2.43. The van der Waals surface area contributed by atoms with Gasteiger partial charge in [0.05, 0.1) is 0 Å². The molecule has 3 aliphatic rings. The molecule has 0 spiro atoms. The lowest BCUT2D eigenvalue weighted by Gasteiger charge is -2.37. The van der Waals surface area contributed by atoms with Crippen LogP contribution in [-0.2, 0) is 14.3 Å². The Labute approximate surface area is 173 Å². The zero-order valence-corrected chi connectivity index (χ0v) is 17.3. The third-order valence-corrected chi connectivity index (χ3v) is 6.87. The number of fused-ring (bicyclic) bond motifs is 2. The van der Waals surface area contributed by atoms with Crippen molar-refractivity contribution in [1.82, 2.24) is 5.32 Å². The first-order chi connectivity index (χ1) is 14.2. The average molecular weight is 400 g/mol. The number of carbonyl (C=O) groups is 1. The van der Waals surface area contributed by atoms with Gasteiger partial charge in [0.15, 0.2) is 5.76 Å². The summed E-state index contributed by atoms with van der Waals surface area (Å²) in [5.74, 6) is 1.74. The average Bonchev–Trinajstić information content (AvgIpc) is 3.36. The number of ether oxygens (including phenoxy) is 2. The number of hydrogen-bond donors (Lipinski definition) is 2. The number of nitrogens with one attached hydrogen (secondary N) is 1. The van der Waals surface area contributed by atoms with E-state index in [1.165, 1.54) is 19.3 Å². The monoisotopic (exact) mass is 399 g/mol. The molecule has 1 aliphatic heterocycles. The fraction of sp³-hybridized carbons (Fsp3) is 0.625. The summed E-state index contributed by atoms with van der Waals surface area (Å²) >= 11 is 0. The lowest BCUT2D eigenvalue weighted by atomic mass is 9.80. The minimum Gasteiger partial charge on any atom is -0.459 e. The van der Waals surface area contributed by atoms with Crippen molar-refractivity contribution in [2.45, 2.75) is 63.7 Å². The summed E-state index contributed by atoms with van der Waals surface area (Å²) < 4.78 is 12.0. The molecule has 6 atom stereocenters. The van der Waals surface area contributed by atoms with Crippen molar-refractivity contribution in [2.24, 2.45) is 17.8 Å². The van der Waals surface area contributed by atoms with Gasteiger partial charge in [-0.25, -0.2) is 0 Å². The number of allylic oxidation sites excluding steroid dienone is 1. The quantitative estimate of drug-likeness (QED) is 0.699. The second-order valence-corrected chi connectivity index (χ2v) is 8.69. The van der Waals surface area contributed by atoms with Crippen molar-refractivity contribution in [3.8, 4) is 0 Å². The van der Waals surface area contributed by atoms with Gasteiger partial charge in [-0.05, 0) is 62.5 Å². The van der Waals surface area contributed by atoms with E-state index in [9.17, 15) is 9.90 Å². The minimum atomic E-state index is -0.484. The van der Waals surface area contributed by atoms with Crippen LogP contribution in [0.1, 0.15) is 56.9 Å². The molecule has 5 nitrogen and oxygen atoms in total. The Morgan fingerprint density at radius 3 is 2.72 bits per heavy atom. The maximum absolute atomic E-state index is 13.1. The van der Waals surface area contributed by atoms with Gasteiger partial charge in [-0.15, -0.1) is 0 Å². The molecule has 0 aromatic heterocycles. The first-order valence-electron chi connectivity index (χ1n) is 11.2. The number of hydrogen-bond acceptors (Lipinski definition) is 4. The number of aliphatic hydroxyl groups is 1. The predicted octanol–water partition coefficient (Wildman–Crippen LogP) is 3.74. The van der Waals surface area contributed by atoms with Gasteiger partial charge in [0.1, 0.15) is 0 Å². The van der Waals surface area contributed by atoms with E-state index in [-0.39, 0.29) is 30.4 Å². The molecule has 5 heteroatoms. The maximum Gasteiger partial charge on any atom is 0.286 e. The van der Waals surface area contributed by atoms with E-state index in [1.54, 1.807) is 0 Å². The third-order valence-electron chi connectivity index (χ3n) is 6.87. The second kappa shape index (κ2) is 9.31. The second-order valence-electron chi connectivity index (χ2n) is 8.69. The van der Waals surface area contributed by atoms with Crippen LogP contribution in [0.4, 0.5) is 0 Å². The van der Waals surface area contributed by atoms with Gasteiger partial charge >= 0.3 is 0 Å². The molecule has 2 aliphatic carbocycles. The molecule has 1 aromatic rings. The molecule has 158 valence electrons. The highest BCUT2D eigenvalue weighted by Gasteiger charge is 2.42. The topological polar surface area (TPSA) is 67.8 Å². The number of rotatable bonds is 8. The van der Waals surface area contributed by atoms with Crippen LogP contribution in [0.5, 0.6) is 0 Å². The Hall–Kier alpha value is -1.85. The van der Waals surface area contributed by atoms with Crippen LogP contribution in [0.15, 0.2) is 42.2 Å². The molecule has 1 heterocycles. The van der Waals surface area contributed by atoms with Crippen LogP contribution < -0.4 is 5.32 Å². The van der Waals surface area contributed by atoms with Crippen molar-refractivity contribution < 1.29 is 19.4 Å². The minimum absolute atomic E-state index is 0.0221. The zero-order valence-electron chi connectivity index (χ0n) is 17.3. The molecular weight excluding hydrogens is 366 g/mol. The molecule has 0 radical (unpaired) electrons. The molecular formula is C24H33NO4. The van der Waals surface area contributed by atoms with Crippen molar-refractivity contribution in [1.29, 1.82) is 0 Å². The van der Waals surface area contributed by atoms with Crippen LogP contribution in [0.3, 0.4) is 0 Å². The number of aliphatic hydroxyl groups excluding tert-OH is 1. The Morgan fingerprint density at radius 2 is 2.07 bits per heavy atom. The number of benzene rings is 1. The van der Waals surface area contributed by atoms with Gasteiger partial charge < -0.3 is 19.9 Å². The summed E-state index contributed by atoms with van der Waals surface area (Å²) in [6.07, 6.45) is 7.83. The molecule has 2 bridgehead atoms. The Kier molecular flexibility index (Phi) is 6.56. The van der Waals surface area contributed by atoms with Crippen molar-refractivity contribution in [3.63, 3.8) is 0 Å². The summed E-state index contributed by atoms with van der Waals surface area (Å²) in [7, 11) is 0. The van der Waals surface area contributed by atoms with Crippen molar-refractivity contribution in [3.05, 3.63) is 47.7 Å². The number of carbonyl (C=O) groups excluding carboxylic acids is 1. The summed E-state index contributed by atoms with van der Waals surface area (Å²) in [5.41, 5.74) is 1.15. The summed E-state index contributed by atoms with van der Waals surface area (Å²) in [5, 5.41) is 12.6.